The number of rotatable bonds is 6. The number of nitrogens with zero attached hydrogens (tertiary/aromatic N) is 1. The van der Waals surface area contributed by atoms with E-state index in [1.54, 1.807) is 25.3 Å². The maximum Gasteiger partial charge on any atom is 0.243 e. The molecule has 0 bridgehead atoms. The van der Waals surface area contributed by atoms with Gasteiger partial charge in [-0.1, -0.05) is 0 Å². The Morgan fingerprint density at radius 1 is 1.42 bits per heavy atom. The van der Waals surface area contributed by atoms with Crippen molar-refractivity contribution < 1.29 is 18.3 Å². The molecule has 1 aromatic carbocycles. The third-order valence-corrected chi connectivity index (χ3v) is 5.20. The molecule has 1 saturated carbocycles. The van der Waals surface area contributed by atoms with Gasteiger partial charge in [0.15, 0.2) is 0 Å². The Kier molecular flexibility index (Phi) is 4.13. The van der Waals surface area contributed by atoms with Crippen LogP contribution in [0.5, 0.6) is 5.75 Å². The molecule has 1 fully saturated rings. The van der Waals surface area contributed by atoms with Crippen LogP contribution in [-0.2, 0) is 10.0 Å². The molecule has 0 spiro atoms. The lowest BCUT2D eigenvalue weighted by Gasteiger charge is -2.21. The molecule has 1 aliphatic rings. The monoisotopic (exact) mass is 285 g/mol. The lowest BCUT2D eigenvalue weighted by Crippen LogP contribution is -2.35. The highest BCUT2D eigenvalue weighted by molar-refractivity contribution is 7.89. The number of sulfonamides is 1. The van der Waals surface area contributed by atoms with Crippen LogP contribution in [0.3, 0.4) is 0 Å². The molecular formula is C13H19NO4S. The summed E-state index contributed by atoms with van der Waals surface area (Å²) < 4.78 is 31.6. The summed E-state index contributed by atoms with van der Waals surface area (Å²) in [6.07, 6.45) is 1.74. The van der Waals surface area contributed by atoms with Crippen LogP contribution in [0.1, 0.15) is 18.4 Å². The average molecular weight is 285 g/mol. The minimum atomic E-state index is -3.53. The predicted molar refractivity (Wildman–Crippen MR) is 71.7 cm³/mol. The Labute approximate surface area is 113 Å². The molecule has 1 aliphatic carbocycles. The summed E-state index contributed by atoms with van der Waals surface area (Å²) in [5.74, 6) is 0.666. The molecule has 0 heterocycles. The first-order chi connectivity index (χ1) is 9.00. The number of aryl methyl sites for hydroxylation is 1. The van der Waals surface area contributed by atoms with Crippen LogP contribution in [0.2, 0.25) is 0 Å². The molecule has 2 rings (SSSR count). The van der Waals surface area contributed by atoms with Gasteiger partial charge >= 0.3 is 0 Å². The van der Waals surface area contributed by atoms with Crippen LogP contribution >= 0.6 is 0 Å². The van der Waals surface area contributed by atoms with Crippen molar-refractivity contribution in [3.8, 4) is 5.75 Å². The van der Waals surface area contributed by atoms with Crippen molar-refractivity contribution in [3.63, 3.8) is 0 Å². The van der Waals surface area contributed by atoms with Gasteiger partial charge in [0.05, 0.1) is 18.6 Å². The highest BCUT2D eigenvalue weighted by Gasteiger charge is 2.37. The molecule has 0 atom stereocenters. The van der Waals surface area contributed by atoms with Crippen molar-refractivity contribution in [1.29, 1.82) is 0 Å². The van der Waals surface area contributed by atoms with E-state index in [0.717, 1.165) is 18.4 Å². The fraction of sp³-hybridized carbons (Fsp3) is 0.538. The maximum atomic E-state index is 12.5. The van der Waals surface area contributed by atoms with E-state index in [4.69, 9.17) is 9.84 Å². The van der Waals surface area contributed by atoms with E-state index in [2.05, 4.69) is 0 Å². The van der Waals surface area contributed by atoms with E-state index in [1.807, 2.05) is 6.92 Å². The smallest absolute Gasteiger partial charge is 0.243 e. The van der Waals surface area contributed by atoms with Crippen LogP contribution in [0, 0.1) is 6.92 Å². The van der Waals surface area contributed by atoms with E-state index in [1.165, 1.54) is 4.31 Å². The summed E-state index contributed by atoms with van der Waals surface area (Å²) >= 11 is 0. The SMILES string of the molecule is COc1ccc(S(=O)(=O)N(CCO)C2CC2)cc1C. The Hall–Kier alpha value is -1.11. The molecule has 0 aliphatic heterocycles. The third-order valence-electron chi connectivity index (χ3n) is 3.25. The standard InChI is InChI=1S/C13H19NO4S/c1-10-9-12(5-6-13(10)18-2)19(16,17)14(7-8-15)11-3-4-11/h5-6,9,11,15H,3-4,7-8H2,1-2H3. The van der Waals surface area contributed by atoms with Crippen molar-refractivity contribution in [2.75, 3.05) is 20.3 Å². The molecule has 6 heteroatoms. The van der Waals surface area contributed by atoms with Gasteiger partial charge in [0.1, 0.15) is 5.75 Å². The summed E-state index contributed by atoms with van der Waals surface area (Å²) in [6, 6.07) is 4.86. The van der Waals surface area contributed by atoms with E-state index >= 15 is 0 Å². The molecule has 1 aromatic rings. The molecule has 0 saturated heterocycles. The number of methoxy groups -OCH3 is 1. The van der Waals surface area contributed by atoms with Crippen LogP contribution in [0.15, 0.2) is 23.1 Å². The van der Waals surface area contributed by atoms with Gasteiger partial charge in [0.2, 0.25) is 10.0 Å². The molecule has 0 aromatic heterocycles. The van der Waals surface area contributed by atoms with Gasteiger partial charge in [-0.25, -0.2) is 8.42 Å². The van der Waals surface area contributed by atoms with Crippen LogP contribution in [0.25, 0.3) is 0 Å². The zero-order valence-corrected chi connectivity index (χ0v) is 12.0. The molecule has 0 amide bonds. The van der Waals surface area contributed by atoms with Crippen molar-refractivity contribution in [2.45, 2.75) is 30.7 Å². The normalized spacial score (nSPS) is 15.8. The van der Waals surface area contributed by atoms with E-state index in [-0.39, 0.29) is 24.1 Å². The van der Waals surface area contributed by atoms with Crippen LogP contribution in [-0.4, -0.2) is 44.1 Å². The second-order valence-electron chi connectivity index (χ2n) is 4.70. The molecule has 0 unspecified atom stereocenters. The lowest BCUT2D eigenvalue weighted by molar-refractivity contribution is 0.250. The van der Waals surface area contributed by atoms with Gasteiger partial charge in [-0.15, -0.1) is 0 Å². The lowest BCUT2D eigenvalue weighted by atomic mass is 10.2. The van der Waals surface area contributed by atoms with Crippen molar-refractivity contribution >= 4 is 10.0 Å². The minimum Gasteiger partial charge on any atom is -0.496 e. The molecule has 5 nitrogen and oxygen atoms in total. The van der Waals surface area contributed by atoms with Gasteiger partial charge in [0.25, 0.3) is 0 Å². The van der Waals surface area contributed by atoms with E-state index in [9.17, 15) is 8.42 Å². The van der Waals surface area contributed by atoms with Crippen molar-refractivity contribution in [3.05, 3.63) is 23.8 Å². The number of ether oxygens (including phenoxy) is 1. The minimum absolute atomic E-state index is 0.0413. The number of hydrogen-bond donors (Lipinski definition) is 1. The summed E-state index contributed by atoms with van der Waals surface area (Å²) in [5, 5.41) is 9.03. The number of hydrogen-bond acceptors (Lipinski definition) is 4. The van der Waals surface area contributed by atoms with Gasteiger partial charge in [-0.3, -0.25) is 0 Å². The summed E-state index contributed by atoms with van der Waals surface area (Å²) in [6.45, 7) is 1.80. The fourth-order valence-electron chi connectivity index (χ4n) is 2.11. The Morgan fingerprint density at radius 2 is 2.11 bits per heavy atom. The first-order valence-electron chi connectivity index (χ1n) is 6.28. The zero-order valence-electron chi connectivity index (χ0n) is 11.2. The number of aliphatic hydroxyl groups excluding tert-OH is 1. The van der Waals surface area contributed by atoms with E-state index in [0.29, 0.717) is 5.75 Å². The number of benzene rings is 1. The highest BCUT2D eigenvalue weighted by atomic mass is 32.2. The molecule has 0 radical (unpaired) electrons. The number of aliphatic hydroxyl groups is 1. The quantitative estimate of drug-likeness (QED) is 0.851. The molecule has 19 heavy (non-hydrogen) atoms. The van der Waals surface area contributed by atoms with Gasteiger partial charge in [-0.2, -0.15) is 4.31 Å². The first kappa shape index (κ1) is 14.3. The van der Waals surface area contributed by atoms with Gasteiger partial charge in [0, 0.05) is 12.6 Å². The van der Waals surface area contributed by atoms with Crippen molar-refractivity contribution in [1.82, 2.24) is 4.31 Å². The average Bonchev–Trinajstić information content (AvgIpc) is 3.19. The van der Waals surface area contributed by atoms with Gasteiger partial charge in [-0.05, 0) is 43.5 Å². The Bertz CT molecular complexity index is 552. The highest BCUT2D eigenvalue weighted by Crippen LogP contribution is 2.32. The fourth-order valence-corrected chi connectivity index (χ4v) is 3.87. The topological polar surface area (TPSA) is 66.8 Å². The second kappa shape index (κ2) is 5.48. The van der Waals surface area contributed by atoms with Gasteiger partial charge < -0.3 is 9.84 Å². The summed E-state index contributed by atoms with van der Waals surface area (Å²) in [5.41, 5.74) is 0.781. The van der Waals surface area contributed by atoms with Crippen LogP contribution < -0.4 is 4.74 Å². The second-order valence-corrected chi connectivity index (χ2v) is 6.59. The molecular weight excluding hydrogens is 266 g/mol. The van der Waals surface area contributed by atoms with Crippen LogP contribution in [0.4, 0.5) is 0 Å². The summed E-state index contributed by atoms with van der Waals surface area (Å²) in [7, 11) is -1.98. The molecule has 1 N–H and O–H groups in total. The van der Waals surface area contributed by atoms with E-state index < -0.39 is 10.0 Å². The summed E-state index contributed by atoms with van der Waals surface area (Å²) in [4.78, 5) is 0.256. The Balaban J connectivity index is 2.34. The zero-order chi connectivity index (χ0) is 14.0. The first-order valence-corrected chi connectivity index (χ1v) is 7.72. The van der Waals surface area contributed by atoms with Crippen molar-refractivity contribution in [2.24, 2.45) is 0 Å². The third kappa shape index (κ3) is 2.91. The Morgan fingerprint density at radius 3 is 2.58 bits per heavy atom. The predicted octanol–water partition coefficient (Wildman–Crippen LogP) is 1.15. The molecule has 106 valence electrons. The largest absolute Gasteiger partial charge is 0.496 e. The maximum absolute atomic E-state index is 12.5.